The van der Waals surface area contributed by atoms with E-state index in [-0.39, 0.29) is 0 Å². The molecule has 18 heavy (non-hydrogen) atoms. The van der Waals surface area contributed by atoms with Crippen molar-refractivity contribution in [3.8, 4) is 0 Å². The third-order valence-electron chi connectivity index (χ3n) is 3.00. The smallest absolute Gasteiger partial charge is 0.225 e. The summed E-state index contributed by atoms with van der Waals surface area (Å²) in [5.41, 5.74) is 0.965. The maximum atomic E-state index is 5.76. The molecule has 0 aliphatic heterocycles. The molecule has 1 aliphatic carbocycles. The van der Waals surface area contributed by atoms with Gasteiger partial charge >= 0.3 is 0 Å². The van der Waals surface area contributed by atoms with Crippen LogP contribution < -0.4 is 4.90 Å². The van der Waals surface area contributed by atoms with Crippen molar-refractivity contribution in [2.45, 2.75) is 31.3 Å². The topological polar surface area (TPSA) is 29.0 Å². The Balaban J connectivity index is 1.80. The van der Waals surface area contributed by atoms with Crippen LogP contribution in [0.2, 0.25) is 0 Å². The molecule has 2 aromatic heterocycles. The van der Waals surface area contributed by atoms with Crippen molar-refractivity contribution in [2.75, 3.05) is 4.90 Å². The molecule has 1 aliphatic rings. The molecule has 0 atom stereocenters. The molecular formula is C13H14ClN3S. The fourth-order valence-electron chi connectivity index (χ4n) is 1.89. The lowest BCUT2D eigenvalue weighted by Crippen LogP contribution is -2.26. The van der Waals surface area contributed by atoms with Crippen LogP contribution >= 0.6 is 22.9 Å². The number of anilines is 1. The first-order valence-corrected chi connectivity index (χ1v) is 7.44. The third kappa shape index (κ3) is 2.65. The van der Waals surface area contributed by atoms with E-state index in [1.807, 2.05) is 12.4 Å². The molecule has 0 saturated heterocycles. The fraction of sp³-hybridized carbons (Fsp3) is 0.385. The van der Waals surface area contributed by atoms with E-state index < -0.39 is 0 Å². The highest BCUT2D eigenvalue weighted by molar-refractivity contribution is 7.09. The van der Waals surface area contributed by atoms with Gasteiger partial charge in [0.25, 0.3) is 0 Å². The second kappa shape index (κ2) is 5.24. The van der Waals surface area contributed by atoms with Crippen LogP contribution in [0.1, 0.15) is 23.3 Å². The summed E-state index contributed by atoms with van der Waals surface area (Å²) in [6, 6.07) is 4.85. The largest absolute Gasteiger partial charge is 0.333 e. The Morgan fingerprint density at radius 3 is 2.67 bits per heavy atom. The molecule has 5 heteroatoms. The first-order valence-electron chi connectivity index (χ1n) is 6.03. The van der Waals surface area contributed by atoms with Gasteiger partial charge in [-0.1, -0.05) is 6.07 Å². The SMILES string of the molecule is ClCc1cnc(N(Cc2cccs2)C2CC2)nc1. The van der Waals surface area contributed by atoms with Crippen LogP contribution in [-0.4, -0.2) is 16.0 Å². The predicted octanol–water partition coefficient (Wildman–Crippen LogP) is 3.45. The number of thiophene rings is 1. The van der Waals surface area contributed by atoms with Gasteiger partial charge in [-0.25, -0.2) is 9.97 Å². The molecule has 0 aromatic carbocycles. The van der Waals surface area contributed by atoms with E-state index in [2.05, 4.69) is 32.4 Å². The van der Waals surface area contributed by atoms with Crippen LogP contribution in [0.15, 0.2) is 29.9 Å². The maximum absolute atomic E-state index is 5.76. The second-order valence-electron chi connectivity index (χ2n) is 4.46. The van der Waals surface area contributed by atoms with E-state index in [4.69, 9.17) is 11.6 Å². The number of aromatic nitrogens is 2. The standard InChI is InChI=1S/C13H14ClN3S/c14-6-10-7-15-13(16-8-10)17(11-3-4-11)9-12-2-1-5-18-12/h1-2,5,7-8,11H,3-4,6,9H2. The molecule has 94 valence electrons. The molecule has 0 bridgehead atoms. The summed E-state index contributed by atoms with van der Waals surface area (Å²) in [5.74, 6) is 1.29. The number of rotatable bonds is 5. The maximum Gasteiger partial charge on any atom is 0.225 e. The highest BCUT2D eigenvalue weighted by Gasteiger charge is 2.30. The summed E-state index contributed by atoms with van der Waals surface area (Å²) < 4.78 is 0. The molecule has 3 rings (SSSR count). The van der Waals surface area contributed by atoms with E-state index in [0.717, 1.165) is 18.1 Å². The molecule has 1 saturated carbocycles. The minimum Gasteiger partial charge on any atom is -0.333 e. The summed E-state index contributed by atoms with van der Waals surface area (Å²) in [5, 5.41) is 2.11. The van der Waals surface area contributed by atoms with Crippen LogP contribution in [0.4, 0.5) is 5.95 Å². The third-order valence-corrected chi connectivity index (χ3v) is 4.17. The average molecular weight is 280 g/mol. The van der Waals surface area contributed by atoms with Gasteiger partial charge in [-0.05, 0) is 24.3 Å². The lowest BCUT2D eigenvalue weighted by atomic mass is 10.4. The van der Waals surface area contributed by atoms with Crippen LogP contribution in [0.3, 0.4) is 0 Å². The number of hydrogen-bond donors (Lipinski definition) is 0. The number of hydrogen-bond acceptors (Lipinski definition) is 4. The Labute approximate surface area is 115 Å². The molecule has 0 spiro atoms. The molecule has 0 radical (unpaired) electrons. The van der Waals surface area contributed by atoms with Gasteiger partial charge in [0.2, 0.25) is 5.95 Å². The highest BCUT2D eigenvalue weighted by atomic mass is 35.5. The minimum absolute atomic E-state index is 0.467. The molecule has 3 nitrogen and oxygen atoms in total. The van der Waals surface area contributed by atoms with Crippen molar-refractivity contribution >= 4 is 28.9 Å². The molecular weight excluding hydrogens is 266 g/mol. The monoisotopic (exact) mass is 279 g/mol. The zero-order valence-corrected chi connectivity index (χ0v) is 11.5. The predicted molar refractivity (Wildman–Crippen MR) is 75.1 cm³/mol. The summed E-state index contributed by atoms with van der Waals surface area (Å²) in [7, 11) is 0. The van der Waals surface area contributed by atoms with Crippen molar-refractivity contribution in [1.82, 2.24) is 9.97 Å². The van der Waals surface area contributed by atoms with Crippen LogP contribution in [0, 0.1) is 0 Å². The summed E-state index contributed by atoms with van der Waals surface area (Å²) in [6.07, 6.45) is 6.12. The van der Waals surface area contributed by atoms with Gasteiger partial charge in [0.05, 0.1) is 12.4 Å². The quantitative estimate of drug-likeness (QED) is 0.785. The minimum atomic E-state index is 0.467. The van der Waals surface area contributed by atoms with Crippen LogP contribution in [0.25, 0.3) is 0 Å². The molecule has 0 unspecified atom stereocenters. The zero-order valence-electron chi connectivity index (χ0n) is 9.92. The van der Waals surface area contributed by atoms with Gasteiger partial charge in [-0.3, -0.25) is 0 Å². The van der Waals surface area contributed by atoms with Gasteiger partial charge in [0.15, 0.2) is 0 Å². The second-order valence-corrected chi connectivity index (χ2v) is 5.76. The highest BCUT2D eigenvalue weighted by Crippen LogP contribution is 2.31. The zero-order chi connectivity index (χ0) is 12.4. The lowest BCUT2D eigenvalue weighted by molar-refractivity contribution is 0.764. The van der Waals surface area contributed by atoms with Crippen molar-refractivity contribution in [3.05, 3.63) is 40.3 Å². The van der Waals surface area contributed by atoms with Gasteiger partial charge in [0, 0.05) is 28.9 Å². The van der Waals surface area contributed by atoms with E-state index in [1.165, 1.54) is 17.7 Å². The Hall–Kier alpha value is -1.13. The normalized spacial score (nSPS) is 14.7. The fourth-order valence-corrected chi connectivity index (χ4v) is 2.73. The molecule has 0 amide bonds. The average Bonchev–Trinajstić information content (AvgIpc) is 3.13. The van der Waals surface area contributed by atoms with Crippen LogP contribution in [-0.2, 0) is 12.4 Å². The van der Waals surface area contributed by atoms with E-state index in [1.54, 1.807) is 11.3 Å². The van der Waals surface area contributed by atoms with Crippen molar-refractivity contribution in [3.63, 3.8) is 0 Å². The summed E-state index contributed by atoms with van der Waals surface area (Å²) in [6.45, 7) is 0.905. The van der Waals surface area contributed by atoms with Crippen molar-refractivity contribution in [2.24, 2.45) is 0 Å². The van der Waals surface area contributed by atoms with E-state index in [9.17, 15) is 0 Å². The van der Waals surface area contributed by atoms with Crippen molar-refractivity contribution < 1.29 is 0 Å². The summed E-state index contributed by atoms with van der Waals surface area (Å²) >= 11 is 7.54. The first kappa shape index (κ1) is 11.9. The summed E-state index contributed by atoms with van der Waals surface area (Å²) in [4.78, 5) is 12.5. The first-order chi connectivity index (χ1) is 8.86. The number of halogens is 1. The van der Waals surface area contributed by atoms with E-state index in [0.29, 0.717) is 11.9 Å². The van der Waals surface area contributed by atoms with E-state index >= 15 is 0 Å². The van der Waals surface area contributed by atoms with Gasteiger partial charge in [0.1, 0.15) is 0 Å². The molecule has 2 heterocycles. The molecule has 0 N–H and O–H groups in total. The van der Waals surface area contributed by atoms with Crippen molar-refractivity contribution in [1.29, 1.82) is 0 Å². The number of alkyl halides is 1. The van der Waals surface area contributed by atoms with Gasteiger partial charge in [-0.2, -0.15) is 0 Å². The Bertz CT molecular complexity index is 493. The lowest BCUT2D eigenvalue weighted by Gasteiger charge is -2.21. The van der Waals surface area contributed by atoms with Gasteiger partial charge < -0.3 is 4.90 Å². The molecule has 1 fully saturated rings. The Morgan fingerprint density at radius 2 is 2.11 bits per heavy atom. The van der Waals surface area contributed by atoms with Gasteiger partial charge in [-0.15, -0.1) is 22.9 Å². The molecule has 2 aromatic rings. The van der Waals surface area contributed by atoms with Crippen LogP contribution in [0.5, 0.6) is 0 Å². The Morgan fingerprint density at radius 1 is 1.33 bits per heavy atom. The number of nitrogens with zero attached hydrogens (tertiary/aromatic N) is 3. The Kier molecular flexibility index (Phi) is 3.48.